The van der Waals surface area contributed by atoms with Crippen molar-refractivity contribution in [2.24, 2.45) is 0 Å². The quantitative estimate of drug-likeness (QED) is 0.624. The van der Waals surface area contributed by atoms with E-state index in [1.165, 1.54) is 0 Å². The highest BCUT2D eigenvalue weighted by Gasteiger charge is 2.23. The number of hydrogen-bond donors (Lipinski definition) is 0. The monoisotopic (exact) mass is 388 g/mol. The average molecular weight is 389 g/mol. The van der Waals surface area contributed by atoms with E-state index in [2.05, 4.69) is 9.88 Å². The van der Waals surface area contributed by atoms with Gasteiger partial charge in [-0.1, -0.05) is 41.9 Å². The van der Waals surface area contributed by atoms with Crippen molar-refractivity contribution in [1.29, 1.82) is 0 Å². The van der Waals surface area contributed by atoms with E-state index in [9.17, 15) is 4.79 Å². The highest BCUT2D eigenvalue weighted by atomic mass is 35.5. The predicted octanol–water partition coefficient (Wildman–Crippen LogP) is 4.38. The lowest BCUT2D eigenvalue weighted by molar-refractivity contribution is 0.103. The van der Waals surface area contributed by atoms with Gasteiger partial charge in [0.05, 0.1) is 30.0 Å². The molecular formula is C20H18Cl2N2O2. The van der Waals surface area contributed by atoms with Crippen molar-refractivity contribution in [2.45, 2.75) is 0 Å². The van der Waals surface area contributed by atoms with E-state index in [0.717, 1.165) is 29.7 Å². The van der Waals surface area contributed by atoms with Crippen LogP contribution in [0.3, 0.4) is 0 Å². The van der Waals surface area contributed by atoms with Crippen LogP contribution in [0, 0.1) is 0 Å². The molecule has 3 aromatic rings. The molecule has 1 aliphatic heterocycles. The number of carbonyl (C=O) groups is 1. The van der Waals surface area contributed by atoms with Crippen molar-refractivity contribution in [3.63, 3.8) is 0 Å². The molecule has 0 radical (unpaired) electrons. The van der Waals surface area contributed by atoms with Crippen LogP contribution in [0.5, 0.6) is 0 Å². The molecule has 0 unspecified atom stereocenters. The summed E-state index contributed by atoms with van der Waals surface area (Å²) in [6.07, 6.45) is 1.68. The van der Waals surface area contributed by atoms with Gasteiger partial charge in [-0.05, 0) is 18.2 Å². The fourth-order valence-corrected chi connectivity index (χ4v) is 3.36. The summed E-state index contributed by atoms with van der Waals surface area (Å²) in [5.74, 6) is -0.0310. The van der Waals surface area contributed by atoms with E-state index in [1.54, 1.807) is 6.20 Å². The van der Waals surface area contributed by atoms with Gasteiger partial charge in [-0.25, -0.2) is 0 Å². The number of ketones is 1. The topological polar surface area (TPSA) is 42.4 Å². The van der Waals surface area contributed by atoms with Crippen LogP contribution in [-0.4, -0.2) is 37.1 Å². The minimum Gasteiger partial charge on any atom is -0.378 e. The third-order valence-electron chi connectivity index (χ3n) is 4.41. The Balaban J connectivity index is 0.00000196. The molecule has 134 valence electrons. The van der Waals surface area contributed by atoms with Gasteiger partial charge < -0.3 is 9.64 Å². The molecule has 0 N–H and O–H groups in total. The lowest BCUT2D eigenvalue weighted by Gasteiger charge is -2.31. The summed E-state index contributed by atoms with van der Waals surface area (Å²) in [4.78, 5) is 19.8. The number of rotatable bonds is 3. The van der Waals surface area contributed by atoms with E-state index in [4.69, 9.17) is 16.3 Å². The van der Waals surface area contributed by atoms with Crippen molar-refractivity contribution >= 4 is 46.4 Å². The summed E-state index contributed by atoms with van der Waals surface area (Å²) in [5, 5.41) is 1.53. The molecule has 2 aromatic carbocycles. The molecule has 0 amide bonds. The number of ether oxygens (including phenoxy) is 1. The number of hydrogen-bond acceptors (Lipinski definition) is 4. The third kappa shape index (κ3) is 3.54. The zero-order valence-corrected chi connectivity index (χ0v) is 15.6. The highest BCUT2D eigenvalue weighted by Crippen LogP contribution is 2.33. The van der Waals surface area contributed by atoms with Gasteiger partial charge in [0.2, 0.25) is 0 Å². The first-order valence-corrected chi connectivity index (χ1v) is 8.62. The van der Waals surface area contributed by atoms with Crippen LogP contribution >= 0.6 is 24.0 Å². The summed E-state index contributed by atoms with van der Waals surface area (Å²) in [6.45, 7) is 2.76. The van der Waals surface area contributed by atoms with Crippen LogP contribution in [0.1, 0.15) is 15.9 Å². The average Bonchev–Trinajstić information content (AvgIpc) is 2.68. The lowest BCUT2D eigenvalue weighted by atomic mass is 9.99. The number of halogens is 2. The predicted molar refractivity (Wildman–Crippen MR) is 107 cm³/mol. The molecule has 0 atom stereocenters. The summed E-state index contributed by atoms with van der Waals surface area (Å²) < 4.78 is 5.47. The summed E-state index contributed by atoms with van der Waals surface area (Å²) in [5.41, 5.74) is 2.98. The van der Waals surface area contributed by atoms with Gasteiger partial charge in [0.15, 0.2) is 5.78 Å². The fourth-order valence-electron chi connectivity index (χ4n) is 3.19. The van der Waals surface area contributed by atoms with E-state index in [-0.39, 0.29) is 18.2 Å². The molecule has 0 saturated carbocycles. The van der Waals surface area contributed by atoms with Crippen molar-refractivity contribution < 1.29 is 9.53 Å². The van der Waals surface area contributed by atoms with Crippen LogP contribution in [-0.2, 0) is 4.74 Å². The van der Waals surface area contributed by atoms with Crippen molar-refractivity contribution in [2.75, 3.05) is 31.2 Å². The number of pyridine rings is 1. The number of morpholine rings is 1. The van der Waals surface area contributed by atoms with Gasteiger partial charge in [0.25, 0.3) is 0 Å². The van der Waals surface area contributed by atoms with Crippen molar-refractivity contribution in [1.82, 2.24) is 4.98 Å². The maximum Gasteiger partial charge on any atom is 0.196 e. The number of benzene rings is 2. The molecule has 1 aliphatic rings. The molecular weight excluding hydrogens is 371 g/mol. The second kappa shape index (κ2) is 8.04. The largest absolute Gasteiger partial charge is 0.378 e. The molecule has 1 saturated heterocycles. The smallest absolute Gasteiger partial charge is 0.196 e. The maximum atomic E-state index is 13.1. The number of nitrogens with zero attached hydrogens (tertiary/aromatic N) is 2. The van der Waals surface area contributed by atoms with Gasteiger partial charge in [0.1, 0.15) is 0 Å². The summed E-state index contributed by atoms with van der Waals surface area (Å²) in [7, 11) is 0. The van der Waals surface area contributed by atoms with E-state index >= 15 is 0 Å². The van der Waals surface area contributed by atoms with Gasteiger partial charge in [-0.3, -0.25) is 9.78 Å². The number of aromatic nitrogens is 1. The Kier molecular flexibility index (Phi) is 5.77. The van der Waals surface area contributed by atoms with Gasteiger partial charge >= 0.3 is 0 Å². The van der Waals surface area contributed by atoms with Gasteiger partial charge in [-0.15, -0.1) is 12.4 Å². The summed E-state index contributed by atoms with van der Waals surface area (Å²) in [6, 6.07) is 14.9. The zero-order valence-electron chi connectivity index (χ0n) is 14.0. The summed E-state index contributed by atoms with van der Waals surface area (Å²) >= 11 is 6.22. The Morgan fingerprint density at radius 2 is 1.81 bits per heavy atom. The number of fused-ring (bicyclic) bond motifs is 1. The third-order valence-corrected chi connectivity index (χ3v) is 4.64. The van der Waals surface area contributed by atoms with E-state index < -0.39 is 0 Å². The molecule has 6 heteroatoms. The molecule has 0 spiro atoms. The lowest BCUT2D eigenvalue weighted by Crippen LogP contribution is -2.37. The molecule has 1 fully saturated rings. The maximum absolute atomic E-state index is 13.1. The van der Waals surface area contributed by atoms with Crippen LogP contribution < -0.4 is 4.90 Å². The molecule has 4 nitrogen and oxygen atoms in total. The molecule has 0 aliphatic carbocycles. The number of anilines is 1. The first-order valence-electron chi connectivity index (χ1n) is 8.25. The van der Waals surface area contributed by atoms with Crippen LogP contribution in [0.4, 0.5) is 5.69 Å². The molecule has 26 heavy (non-hydrogen) atoms. The minimum absolute atomic E-state index is 0. The Bertz CT molecular complexity index is 926. The fraction of sp³-hybridized carbons (Fsp3) is 0.200. The molecule has 0 bridgehead atoms. The molecule has 2 heterocycles. The molecule has 1 aromatic heterocycles. The highest BCUT2D eigenvalue weighted by molar-refractivity contribution is 6.31. The van der Waals surface area contributed by atoms with Crippen molar-refractivity contribution in [3.05, 3.63) is 70.9 Å². The van der Waals surface area contributed by atoms with E-state index in [1.807, 2.05) is 48.5 Å². The Morgan fingerprint density at radius 1 is 1.08 bits per heavy atom. The van der Waals surface area contributed by atoms with Gasteiger partial charge in [-0.2, -0.15) is 0 Å². The minimum atomic E-state index is -0.0310. The number of carbonyl (C=O) groups excluding carboxylic acids is 1. The van der Waals surface area contributed by atoms with Crippen molar-refractivity contribution in [3.8, 4) is 0 Å². The second-order valence-corrected chi connectivity index (χ2v) is 6.41. The first kappa shape index (κ1) is 18.6. The van der Waals surface area contributed by atoms with Gasteiger partial charge in [0, 0.05) is 35.3 Å². The Morgan fingerprint density at radius 3 is 2.54 bits per heavy atom. The van der Waals surface area contributed by atoms with E-state index in [0.29, 0.717) is 29.4 Å². The van der Waals surface area contributed by atoms with Crippen LogP contribution in [0.25, 0.3) is 10.9 Å². The van der Waals surface area contributed by atoms with Crippen LogP contribution in [0.2, 0.25) is 5.02 Å². The first-order chi connectivity index (χ1) is 12.2. The van der Waals surface area contributed by atoms with Crippen LogP contribution in [0.15, 0.2) is 54.7 Å². The Hall–Kier alpha value is -2.14. The second-order valence-electron chi connectivity index (χ2n) is 5.98. The Labute approximate surface area is 163 Å². The molecule has 4 rings (SSSR count). The normalized spacial score (nSPS) is 14.1. The standard InChI is InChI=1S/C20H17ClN2O2.ClH/c21-15-6-7-18-16(12-15)19(23-8-10-25-11-9-23)17(13-22-18)20(24)14-4-2-1-3-5-14;/h1-7,12-13H,8-11H2;1H. The SMILES string of the molecule is Cl.O=C(c1ccccc1)c1cnc2ccc(Cl)cc2c1N1CCOCC1. The zero-order chi connectivity index (χ0) is 17.2.